The van der Waals surface area contributed by atoms with E-state index < -0.39 is 17.8 Å². The number of nitrogens with one attached hydrogen (secondary N) is 1. The summed E-state index contributed by atoms with van der Waals surface area (Å²) in [5.74, 6) is -1.85. The Morgan fingerprint density at radius 2 is 1.66 bits per heavy atom. The minimum Gasteiger partial charge on any atom is -0.481 e. The Morgan fingerprint density at radius 3 is 2.32 bits per heavy atom. The van der Waals surface area contributed by atoms with Crippen LogP contribution >= 0.6 is 0 Å². The van der Waals surface area contributed by atoms with Gasteiger partial charge < -0.3 is 19.9 Å². The second-order valence-corrected chi connectivity index (χ2v) is 9.65. The van der Waals surface area contributed by atoms with E-state index in [-0.39, 0.29) is 18.3 Å². The summed E-state index contributed by atoms with van der Waals surface area (Å²) in [4.78, 5) is 32.2. The van der Waals surface area contributed by atoms with Crippen LogP contribution in [0.25, 0.3) is 11.3 Å². The zero-order valence-electron chi connectivity index (χ0n) is 21.3. The smallest absolute Gasteiger partial charge is 0.307 e. The number of hydrogen-bond donors (Lipinski definition) is 2. The lowest BCUT2D eigenvalue weighted by molar-refractivity contribution is -0.147. The Balaban J connectivity index is 1.50. The SMILES string of the molecule is Cc1ccc(Nc2c(-c3ccc(F)cc3)nc3n2CCN(C(=O)C(c2ccccc2)C(C)C(=O)O)C3)cc1. The summed E-state index contributed by atoms with van der Waals surface area (Å²) >= 11 is 0. The Kier molecular flexibility index (Phi) is 6.96. The van der Waals surface area contributed by atoms with E-state index in [0.29, 0.717) is 30.2 Å². The monoisotopic (exact) mass is 512 g/mol. The second-order valence-electron chi connectivity index (χ2n) is 9.65. The number of amides is 1. The summed E-state index contributed by atoms with van der Waals surface area (Å²) < 4.78 is 15.7. The van der Waals surface area contributed by atoms with E-state index in [1.54, 1.807) is 36.1 Å². The molecular weight excluding hydrogens is 483 g/mol. The third-order valence-electron chi connectivity index (χ3n) is 7.03. The summed E-state index contributed by atoms with van der Waals surface area (Å²) in [5.41, 5.74) is 4.12. The van der Waals surface area contributed by atoms with Crippen molar-refractivity contribution >= 4 is 23.4 Å². The summed E-state index contributed by atoms with van der Waals surface area (Å²) in [7, 11) is 0. The number of carbonyl (C=O) groups is 2. The average molecular weight is 513 g/mol. The molecule has 3 aromatic carbocycles. The van der Waals surface area contributed by atoms with E-state index in [4.69, 9.17) is 4.98 Å². The molecule has 0 saturated carbocycles. The fourth-order valence-electron chi connectivity index (χ4n) is 4.87. The first-order chi connectivity index (χ1) is 18.3. The van der Waals surface area contributed by atoms with E-state index in [9.17, 15) is 19.1 Å². The van der Waals surface area contributed by atoms with Crippen LogP contribution in [0.5, 0.6) is 0 Å². The maximum Gasteiger partial charge on any atom is 0.307 e. The lowest BCUT2D eigenvalue weighted by Crippen LogP contribution is -2.43. The molecule has 1 aromatic heterocycles. The molecule has 0 bridgehead atoms. The highest BCUT2D eigenvalue weighted by Gasteiger charge is 2.36. The minimum atomic E-state index is -1.02. The number of carboxylic acid groups (broad SMARTS) is 1. The molecule has 1 amide bonds. The van der Waals surface area contributed by atoms with Crippen molar-refractivity contribution < 1.29 is 19.1 Å². The van der Waals surface area contributed by atoms with Crippen LogP contribution in [0.2, 0.25) is 0 Å². The molecule has 1 aliphatic rings. The normalized spacial score (nSPS) is 14.4. The molecule has 0 aliphatic carbocycles. The highest BCUT2D eigenvalue weighted by molar-refractivity contribution is 5.89. The Labute approximate surface area is 220 Å². The molecule has 7 nitrogen and oxygen atoms in total. The van der Waals surface area contributed by atoms with Gasteiger partial charge in [0.2, 0.25) is 5.91 Å². The topological polar surface area (TPSA) is 87.5 Å². The van der Waals surface area contributed by atoms with Crippen LogP contribution in [0.4, 0.5) is 15.9 Å². The molecule has 2 atom stereocenters. The van der Waals surface area contributed by atoms with Crippen molar-refractivity contribution in [1.29, 1.82) is 0 Å². The summed E-state index contributed by atoms with van der Waals surface area (Å²) in [6, 6.07) is 23.2. The van der Waals surface area contributed by atoms with Gasteiger partial charge in [-0.1, -0.05) is 55.0 Å². The van der Waals surface area contributed by atoms with E-state index in [1.165, 1.54) is 12.1 Å². The average Bonchev–Trinajstić information content (AvgIpc) is 3.28. The number of anilines is 2. The van der Waals surface area contributed by atoms with Crippen LogP contribution in [0, 0.1) is 18.7 Å². The van der Waals surface area contributed by atoms with Crippen LogP contribution in [-0.2, 0) is 22.7 Å². The van der Waals surface area contributed by atoms with Gasteiger partial charge in [-0.05, 0) is 48.9 Å². The molecule has 2 N–H and O–H groups in total. The first-order valence-corrected chi connectivity index (χ1v) is 12.6. The number of benzene rings is 3. The van der Waals surface area contributed by atoms with Crippen molar-refractivity contribution in [3.63, 3.8) is 0 Å². The van der Waals surface area contributed by atoms with Gasteiger partial charge in [-0.15, -0.1) is 0 Å². The lowest BCUT2D eigenvalue weighted by Gasteiger charge is -2.33. The van der Waals surface area contributed by atoms with Crippen molar-refractivity contribution in [3.05, 3.63) is 102 Å². The number of nitrogens with zero attached hydrogens (tertiary/aromatic N) is 3. The van der Waals surface area contributed by atoms with Gasteiger partial charge in [-0.3, -0.25) is 9.59 Å². The van der Waals surface area contributed by atoms with Crippen molar-refractivity contribution in [2.24, 2.45) is 5.92 Å². The van der Waals surface area contributed by atoms with E-state index >= 15 is 0 Å². The Hall–Kier alpha value is -4.46. The van der Waals surface area contributed by atoms with E-state index in [2.05, 4.69) is 5.32 Å². The molecule has 4 aromatic rings. The van der Waals surface area contributed by atoms with Crippen LogP contribution < -0.4 is 5.32 Å². The molecule has 1 aliphatic heterocycles. The second kappa shape index (κ2) is 10.5. The lowest BCUT2D eigenvalue weighted by atomic mass is 9.86. The van der Waals surface area contributed by atoms with Crippen LogP contribution in [0.15, 0.2) is 78.9 Å². The number of rotatable bonds is 7. The predicted octanol–water partition coefficient (Wildman–Crippen LogP) is 5.59. The third-order valence-corrected chi connectivity index (χ3v) is 7.03. The number of hydrogen-bond acceptors (Lipinski definition) is 4. The molecule has 2 unspecified atom stereocenters. The highest BCUT2D eigenvalue weighted by Crippen LogP contribution is 2.35. The molecule has 0 spiro atoms. The number of halogens is 1. The molecule has 0 radical (unpaired) electrons. The molecule has 2 heterocycles. The van der Waals surface area contributed by atoms with Crippen LogP contribution in [0.1, 0.15) is 29.8 Å². The number of aliphatic carboxylic acids is 1. The maximum absolute atomic E-state index is 13.7. The molecule has 0 fully saturated rings. The van der Waals surface area contributed by atoms with Gasteiger partial charge in [0.1, 0.15) is 23.2 Å². The van der Waals surface area contributed by atoms with Crippen LogP contribution in [-0.4, -0.2) is 38.0 Å². The number of imidazole rings is 1. The third kappa shape index (κ3) is 5.02. The van der Waals surface area contributed by atoms with E-state index in [0.717, 1.165) is 22.6 Å². The number of carboxylic acids is 1. The van der Waals surface area contributed by atoms with Crippen molar-refractivity contribution in [3.8, 4) is 11.3 Å². The fourth-order valence-corrected chi connectivity index (χ4v) is 4.87. The Bertz CT molecular complexity index is 1450. The van der Waals surface area contributed by atoms with Crippen molar-refractivity contribution in [1.82, 2.24) is 14.5 Å². The van der Waals surface area contributed by atoms with Gasteiger partial charge in [0, 0.05) is 24.3 Å². The molecule has 5 rings (SSSR count). The van der Waals surface area contributed by atoms with E-state index in [1.807, 2.05) is 54.0 Å². The van der Waals surface area contributed by atoms with Gasteiger partial charge >= 0.3 is 5.97 Å². The quantitative estimate of drug-likeness (QED) is 0.337. The number of carbonyl (C=O) groups excluding carboxylic acids is 1. The van der Waals surface area contributed by atoms with Gasteiger partial charge in [0.25, 0.3) is 0 Å². The predicted molar refractivity (Wildman–Crippen MR) is 143 cm³/mol. The zero-order chi connectivity index (χ0) is 26.8. The highest BCUT2D eigenvalue weighted by atomic mass is 19.1. The standard InChI is InChI=1S/C30H29FN4O3/c1-19-8-14-24(15-9-19)32-28-27(22-10-12-23(31)13-11-22)33-25-18-34(16-17-35(25)28)29(36)26(20(2)30(37)38)21-6-4-3-5-7-21/h3-15,20,26,32H,16-18H2,1-2H3,(H,37,38). The number of aromatic nitrogens is 2. The van der Waals surface area contributed by atoms with Crippen molar-refractivity contribution in [2.45, 2.75) is 32.9 Å². The summed E-state index contributed by atoms with van der Waals surface area (Å²) in [5, 5.41) is 13.2. The van der Waals surface area contributed by atoms with Gasteiger partial charge in [0.05, 0.1) is 18.4 Å². The number of aryl methyl sites for hydroxylation is 1. The first kappa shape index (κ1) is 25.2. The Morgan fingerprint density at radius 1 is 0.974 bits per heavy atom. The zero-order valence-corrected chi connectivity index (χ0v) is 21.3. The van der Waals surface area contributed by atoms with Gasteiger partial charge in [0.15, 0.2) is 0 Å². The molecule has 38 heavy (non-hydrogen) atoms. The van der Waals surface area contributed by atoms with Crippen LogP contribution in [0.3, 0.4) is 0 Å². The fraction of sp³-hybridized carbons (Fsp3) is 0.233. The largest absolute Gasteiger partial charge is 0.481 e. The van der Waals surface area contributed by atoms with Crippen molar-refractivity contribution in [2.75, 3.05) is 11.9 Å². The summed E-state index contributed by atoms with van der Waals surface area (Å²) in [6.07, 6.45) is 0. The molecular formula is C30H29FN4O3. The maximum atomic E-state index is 13.7. The first-order valence-electron chi connectivity index (χ1n) is 12.6. The molecule has 8 heteroatoms. The van der Waals surface area contributed by atoms with Gasteiger partial charge in [-0.2, -0.15) is 0 Å². The molecule has 194 valence electrons. The summed E-state index contributed by atoms with van der Waals surface area (Å²) in [6.45, 7) is 4.71. The molecule has 0 saturated heterocycles. The minimum absolute atomic E-state index is 0.234. The van der Waals surface area contributed by atoms with Gasteiger partial charge in [-0.25, -0.2) is 9.37 Å². The number of fused-ring (bicyclic) bond motifs is 1.